The molecule has 2 unspecified atom stereocenters. The number of nitrogens with zero attached hydrogens (tertiary/aromatic N) is 2. The fourth-order valence-corrected chi connectivity index (χ4v) is 3.35. The number of likely N-dealkylation sites (tertiary alicyclic amines) is 1. The number of likely N-dealkylation sites (N-methyl/N-ethyl adjacent to an activating group) is 1. The van der Waals surface area contributed by atoms with Gasteiger partial charge in [-0.3, -0.25) is 9.88 Å². The fraction of sp³-hybridized carbons (Fsp3) is 0.471. The molecule has 3 nitrogen and oxygen atoms in total. The summed E-state index contributed by atoms with van der Waals surface area (Å²) < 4.78 is 0. The van der Waals surface area contributed by atoms with Gasteiger partial charge >= 0.3 is 0 Å². The standard InChI is InChI=1S/C17H23N3/c1-2-20-11-4-3-7-15(18)17(20)14-8-9-16-13(12-14)6-5-10-19-16/h5-6,8-10,12,15,17H,2-4,7,11,18H2,1H3. The van der Waals surface area contributed by atoms with Crippen molar-refractivity contribution in [1.29, 1.82) is 0 Å². The lowest BCUT2D eigenvalue weighted by molar-refractivity contribution is 0.195. The molecule has 1 aliphatic rings. The predicted octanol–water partition coefficient (Wildman–Crippen LogP) is 3.11. The second-order valence-corrected chi connectivity index (χ2v) is 5.69. The zero-order chi connectivity index (χ0) is 13.9. The van der Waals surface area contributed by atoms with Crippen LogP contribution in [0, 0.1) is 0 Å². The molecule has 0 saturated carbocycles. The maximum Gasteiger partial charge on any atom is 0.0702 e. The molecule has 1 aromatic heterocycles. The maximum atomic E-state index is 6.46. The van der Waals surface area contributed by atoms with Crippen molar-refractivity contribution in [2.24, 2.45) is 5.73 Å². The smallest absolute Gasteiger partial charge is 0.0702 e. The Labute approximate surface area is 120 Å². The number of hydrogen-bond donors (Lipinski definition) is 1. The minimum Gasteiger partial charge on any atom is -0.326 e. The highest BCUT2D eigenvalue weighted by Gasteiger charge is 2.27. The first-order valence-corrected chi connectivity index (χ1v) is 7.64. The minimum atomic E-state index is 0.228. The lowest BCUT2D eigenvalue weighted by atomic mass is 9.95. The van der Waals surface area contributed by atoms with Gasteiger partial charge in [0, 0.05) is 23.7 Å². The van der Waals surface area contributed by atoms with Gasteiger partial charge in [0.1, 0.15) is 0 Å². The third-order valence-electron chi connectivity index (χ3n) is 4.41. The Morgan fingerprint density at radius 2 is 2.20 bits per heavy atom. The molecule has 1 aromatic carbocycles. The van der Waals surface area contributed by atoms with Crippen molar-refractivity contribution < 1.29 is 0 Å². The molecule has 1 aliphatic heterocycles. The van der Waals surface area contributed by atoms with Gasteiger partial charge in [0.25, 0.3) is 0 Å². The second kappa shape index (κ2) is 5.90. The van der Waals surface area contributed by atoms with Gasteiger partial charge in [-0.15, -0.1) is 0 Å². The van der Waals surface area contributed by atoms with Crippen molar-refractivity contribution in [3.8, 4) is 0 Å². The summed E-state index contributed by atoms with van der Waals surface area (Å²) >= 11 is 0. The van der Waals surface area contributed by atoms with E-state index in [0.717, 1.165) is 25.0 Å². The molecule has 106 valence electrons. The second-order valence-electron chi connectivity index (χ2n) is 5.69. The summed E-state index contributed by atoms with van der Waals surface area (Å²) in [5.41, 5.74) is 8.86. The number of rotatable bonds is 2. The van der Waals surface area contributed by atoms with Crippen molar-refractivity contribution in [3.63, 3.8) is 0 Å². The van der Waals surface area contributed by atoms with E-state index in [4.69, 9.17) is 5.73 Å². The number of benzene rings is 1. The Hall–Kier alpha value is -1.45. The molecule has 2 atom stereocenters. The first-order valence-electron chi connectivity index (χ1n) is 7.64. The van der Waals surface area contributed by atoms with Crippen molar-refractivity contribution in [2.45, 2.75) is 38.3 Å². The molecule has 3 rings (SSSR count). The van der Waals surface area contributed by atoms with Crippen LogP contribution in [0.3, 0.4) is 0 Å². The Kier molecular flexibility index (Phi) is 3.99. The maximum absolute atomic E-state index is 6.46. The van der Waals surface area contributed by atoms with E-state index in [1.54, 1.807) is 0 Å². The summed E-state index contributed by atoms with van der Waals surface area (Å²) in [5, 5.41) is 1.21. The van der Waals surface area contributed by atoms with Gasteiger partial charge in [-0.05, 0) is 49.7 Å². The average Bonchev–Trinajstić information content (AvgIpc) is 2.68. The van der Waals surface area contributed by atoms with Crippen molar-refractivity contribution >= 4 is 10.9 Å². The Morgan fingerprint density at radius 1 is 1.30 bits per heavy atom. The topological polar surface area (TPSA) is 42.1 Å². The molecule has 2 aromatic rings. The molecule has 0 radical (unpaired) electrons. The van der Waals surface area contributed by atoms with Gasteiger partial charge in [0.2, 0.25) is 0 Å². The van der Waals surface area contributed by atoms with Crippen molar-refractivity contribution in [2.75, 3.05) is 13.1 Å². The van der Waals surface area contributed by atoms with Gasteiger partial charge in [0.05, 0.1) is 5.52 Å². The largest absolute Gasteiger partial charge is 0.326 e. The van der Waals surface area contributed by atoms with Crippen LogP contribution in [-0.4, -0.2) is 29.0 Å². The van der Waals surface area contributed by atoms with E-state index < -0.39 is 0 Å². The van der Waals surface area contributed by atoms with Crippen LogP contribution in [0.4, 0.5) is 0 Å². The third-order valence-corrected chi connectivity index (χ3v) is 4.41. The monoisotopic (exact) mass is 269 g/mol. The van der Waals surface area contributed by atoms with Crippen LogP contribution in [0.25, 0.3) is 10.9 Å². The van der Waals surface area contributed by atoms with Gasteiger partial charge in [0.15, 0.2) is 0 Å². The van der Waals surface area contributed by atoms with Crippen LogP contribution in [0.2, 0.25) is 0 Å². The number of hydrogen-bond acceptors (Lipinski definition) is 3. The first kappa shape index (κ1) is 13.5. The van der Waals surface area contributed by atoms with E-state index in [2.05, 4.69) is 41.1 Å². The molecular weight excluding hydrogens is 246 g/mol. The molecule has 0 aliphatic carbocycles. The third kappa shape index (κ3) is 2.56. The molecule has 0 bridgehead atoms. The normalized spacial score (nSPS) is 24.7. The molecule has 0 spiro atoms. The van der Waals surface area contributed by atoms with E-state index in [0.29, 0.717) is 6.04 Å². The SMILES string of the molecule is CCN1CCCCC(N)C1c1ccc2ncccc2c1. The molecule has 20 heavy (non-hydrogen) atoms. The van der Waals surface area contributed by atoms with Crippen molar-refractivity contribution in [1.82, 2.24) is 9.88 Å². The lowest BCUT2D eigenvalue weighted by Crippen LogP contribution is -2.39. The molecule has 2 heterocycles. The van der Waals surface area contributed by atoms with Crippen LogP contribution in [-0.2, 0) is 0 Å². The molecule has 2 N–H and O–H groups in total. The number of nitrogens with two attached hydrogens (primary N) is 1. The fourth-order valence-electron chi connectivity index (χ4n) is 3.35. The van der Waals surface area contributed by atoms with Gasteiger partial charge < -0.3 is 5.73 Å². The van der Waals surface area contributed by atoms with Crippen LogP contribution >= 0.6 is 0 Å². The summed E-state index contributed by atoms with van der Waals surface area (Å²) in [6.07, 6.45) is 5.46. The summed E-state index contributed by atoms with van der Waals surface area (Å²) in [5.74, 6) is 0. The summed E-state index contributed by atoms with van der Waals surface area (Å²) in [6, 6.07) is 11.3. The van der Waals surface area contributed by atoms with E-state index >= 15 is 0 Å². The van der Waals surface area contributed by atoms with E-state index in [1.807, 2.05) is 12.3 Å². The highest BCUT2D eigenvalue weighted by Crippen LogP contribution is 2.30. The van der Waals surface area contributed by atoms with Crippen LogP contribution in [0.5, 0.6) is 0 Å². The summed E-state index contributed by atoms with van der Waals surface area (Å²) in [7, 11) is 0. The van der Waals surface area contributed by atoms with E-state index in [-0.39, 0.29) is 6.04 Å². The Bertz CT molecular complexity index is 581. The molecule has 3 heteroatoms. The predicted molar refractivity (Wildman–Crippen MR) is 83.6 cm³/mol. The van der Waals surface area contributed by atoms with Gasteiger partial charge in [-0.2, -0.15) is 0 Å². The summed E-state index contributed by atoms with van der Waals surface area (Å²) in [4.78, 5) is 6.92. The van der Waals surface area contributed by atoms with Crippen LogP contribution < -0.4 is 5.73 Å². The van der Waals surface area contributed by atoms with Gasteiger partial charge in [-0.1, -0.05) is 25.5 Å². The van der Waals surface area contributed by atoms with Crippen LogP contribution in [0.15, 0.2) is 36.5 Å². The minimum absolute atomic E-state index is 0.228. The van der Waals surface area contributed by atoms with Crippen molar-refractivity contribution in [3.05, 3.63) is 42.1 Å². The van der Waals surface area contributed by atoms with E-state index in [9.17, 15) is 0 Å². The highest BCUT2D eigenvalue weighted by molar-refractivity contribution is 5.79. The zero-order valence-corrected chi connectivity index (χ0v) is 12.1. The van der Waals surface area contributed by atoms with Crippen LogP contribution in [0.1, 0.15) is 37.8 Å². The Morgan fingerprint density at radius 3 is 3.05 bits per heavy atom. The molecule has 0 amide bonds. The number of fused-ring (bicyclic) bond motifs is 1. The summed E-state index contributed by atoms with van der Waals surface area (Å²) in [6.45, 7) is 4.44. The first-order chi connectivity index (χ1) is 9.79. The molecule has 1 saturated heterocycles. The van der Waals surface area contributed by atoms with Gasteiger partial charge in [-0.25, -0.2) is 0 Å². The molecule has 1 fully saturated rings. The molecular formula is C17H23N3. The highest BCUT2D eigenvalue weighted by atomic mass is 15.2. The Balaban J connectivity index is 2.01. The zero-order valence-electron chi connectivity index (χ0n) is 12.1. The lowest BCUT2D eigenvalue weighted by Gasteiger charge is -2.33. The average molecular weight is 269 g/mol. The number of pyridine rings is 1. The quantitative estimate of drug-likeness (QED) is 0.911. The number of aromatic nitrogens is 1. The van der Waals surface area contributed by atoms with E-state index in [1.165, 1.54) is 23.8 Å².